The zero-order chi connectivity index (χ0) is 13.6. The zero-order valence-electron chi connectivity index (χ0n) is 12.9. The maximum atomic E-state index is 6.15. The first kappa shape index (κ1) is 15.9. The summed E-state index contributed by atoms with van der Waals surface area (Å²) in [6.45, 7) is 14.7. The van der Waals surface area contributed by atoms with E-state index in [0.29, 0.717) is 6.04 Å². The lowest BCUT2D eigenvalue weighted by molar-refractivity contribution is 0.00228. The minimum atomic E-state index is 0.254. The van der Waals surface area contributed by atoms with Gasteiger partial charge in [-0.2, -0.15) is 0 Å². The molecule has 1 aliphatic heterocycles. The van der Waals surface area contributed by atoms with Crippen LogP contribution in [0.25, 0.3) is 0 Å². The summed E-state index contributed by atoms with van der Waals surface area (Å²) in [5.41, 5.74) is 6.40. The second kappa shape index (κ2) is 7.46. The Kier molecular flexibility index (Phi) is 6.61. The molecule has 0 bridgehead atoms. The van der Waals surface area contributed by atoms with Gasteiger partial charge in [0.25, 0.3) is 0 Å². The molecule has 2 atom stereocenters. The smallest absolute Gasteiger partial charge is 0.0330 e. The van der Waals surface area contributed by atoms with Crippen molar-refractivity contribution >= 4 is 0 Å². The summed E-state index contributed by atoms with van der Waals surface area (Å²) in [7, 11) is 0. The van der Waals surface area contributed by atoms with E-state index in [-0.39, 0.29) is 5.54 Å². The first-order valence-electron chi connectivity index (χ1n) is 7.82. The number of unbranched alkanes of at least 4 members (excludes halogenated alkanes) is 1. The van der Waals surface area contributed by atoms with Crippen LogP contribution in [0.1, 0.15) is 53.4 Å². The summed E-state index contributed by atoms with van der Waals surface area (Å²) in [6.07, 6.45) is 5.01. The molecule has 0 aliphatic carbocycles. The zero-order valence-corrected chi connectivity index (χ0v) is 12.9. The first-order chi connectivity index (χ1) is 8.63. The van der Waals surface area contributed by atoms with Crippen LogP contribution in [0.15, 0.2) is 0 Å². The van der Waals surface area contributed by atoms with E-state index in [4.69, 9.17) is 5.73 Å². The van der Waals surface area contributed by atoms with Crippen molar-refractivity contribution in [1.29, 1.82) is 0 Å². The van der Waals surface area contributed by atoms with E-state index in [1.807, 2.05) is 0 Å². The van der Waals surface area contributed by atoms with Gasteiger partial charge in [0.1, 0.15) is 0 Å². The van der Waals surface area contributed by atoms with Crippen LogP contribution in [0.3, 0.4) is 0 Å². The molecule has 1 saturated heterocycles. The van der Waals surface area contributed by atoms with Gasteiger partial charge in [-0.25, -0.2) is 0 Å². The molecule has 1 rings (SSSR count). The Hall–Kier alpha value is -0.120. The molecule has 1 heterocycles. The van der Waals surface area contributed by atoms with Crippen LogP contribution in [0, 0.1) is 0 Å². The minimum Gasteiger partial charge on any atom is -0.329 e. The molecule has 0 amide bonds. The second-order valence-corrected chi connectivity index (χ2v) is 5.81. The molecule has 0 aromatic heterocycles. The standard InChI is InChI=1S/C15H33N3/c1-5-8-9-15(6-2,13-16)18-11-10-17(7-3)14(4)12-18/h14H,5-13,16H2,1-4H3. The molecule has 108 valence electrons. The first-order valence-corrected chi connectivity index (χ1v) is 7.82. The molecule has 18 heavy (non-hydrogen) atoms. The van der Waals surface area contributed by atoms with Gasteiger partial charge in [0, 0.05) is 37.8 Å². The highest BCUT2D eigenvalue weighted by molar-refractivity contribution is 4.94. The number of hydrogen-bond donors (Lipinski definition) is 1. The molecule has 2 unspecified atom stereocenters. The SMILES string of the molecule is CCCCC(CC)(CN)N1CCN(CC)C(C)C1. The van der Waals surface area contributed by atoms with Gasteiger partial charge in [-0.15, -0.1) is 0 Å². The van der Waals surface area contributed by atoms with E-state index in [1.54, 1.807) is 0 Å². The van der Waals surface area contributed by atoms with Crippen LogP contribution < -0.4 is 5.73 Å². The van der Waals surface area contributed by atoms with Crippen LogP contribution in [0.5, 0.6) is 0 Å². The van der Waals surface area contributed by atoms with E-state index in [9.17, 15) is 0 Å². The van der Waals surface area contributed by atoms with Crippen molar-refractivity contribution < 1.29 is 0 Å². The van der Waals surface area contributed by atoms with E-state index in [2.05, 4.69) is 37.5 Å². The lowest BCUT2D eigenvalue weighted by Crippen LogP contribution is -2.62. The van der Waals surface area contributed by atoms with Gasteiger partial charge in [0.05, 0.1) is 0 Å². The molecule has 1 aliphatic rings. The topological polar surface area (TPSA) is 32.5 Å². The van der Waals surface area contributed by atoms with Gasteiger partial charge in [0.15, 0.2) is 0 Å². The highest BCUT2D eigenvalue weighted by atomic mass is 15.3. The van der Waals surface area contributed by atoms with Gasteiger partial charge in [-0.1, -0.05) is 33.6 Å². The van der Waals surface area contributed by atoms with Crippen LogP contribution in [0.4, 0.5) is 0 Å². The fraction of sp³-hybridized carbons (Fsp3) is 1.00. The highest BCUT2D eigenvalue weighted by Gasteiger charge is 2.36. The van der Waals surface area contributed by atoms with Crippen molar-refractivity contribution in [3.05, 3.63) is 0 Å². The Morgan fingerprint density at radius 1 is 1.22 bits per heavy atom. The molecule has 3 nitrogen and oxygen atoms in total. The largest absolute Gasteiger partial charge is 0.329 e. The Morgan fingerprint density at radius 3 is 2.39 bits per heavy atom. The van der Waals surface area contributed by atoms with Gasteiger partial charge in [-0.05, 0) is 26.3 Å². The summed E-state index contributed by atoms with van der Waals surface area (Å²) in [4.78, 5) is 5.26. The lowest BCUT2D eigenvalue weighted by atomic mass is 9.86. The normalized spacial score (nSPS) is 26.2. The van der Waals surface area contributed by atoms with Crippen LogP contribution in [-0.2, 0) is 0 Å². The molecule has 2 N–H and O–H groups in total. The molecule has 3 heteroatoms. The van der Waals surface area contributed by atoms with Crippen molar-refractivity contribution in [2.45, 2.75) is 65.0 Å². The van der Waals surface area contributed by atoms with Crippen molar-refractivity contribution in [3.63, 3.8) is 0 Å². The lowest BCUT2D eigenvalue weighted by Gasteiger charge is -2.49. The third kappa shape index (κ3) is 3.46. The summed E-state index contributed by atoms with van der Waals surface area (Å²) < 4.78 is 0. The summed E-state index contributed by atoms with van der Waals surface area (Å²) in [5, 5.41) is 0. The number of hydrogen-bond acceptors (Lipinski definition) is 3. The van der Waals surface area contributed by atoms with E-state index < -0.39 is 0 Å². The van der Waals surface area contributed by atoms with Crippen molar-refractivity contribution in [2.24, 2.45) is 5.73 Å². The fourth-order valence-corrected chi connectivity index (χ4v) is 3.34. The average molecular weight is 255 g/mol. The summed E-state index contributed by atoms with van der Waals surface area (Å²) in [6, 6.07) is 0.669. The molecular formula is C15H33N3. The number of nitrogens with two attached hydrogens (primary N) is 1. The minimum absolute atomic E-state index is 0.254. The highest BCUT2D eigenvalue weighted by Crippen LogP contribution is 2.28. The van der Waals surface area contributed by atoms with Crippen molar-refractivity contribution in [2.75, 3.05) is 32.7 Å². The molecule has 0 saturated carbocycles. The van der Waals surface area contributed by atoms with Crippen molar-refractivity contribution in [1.82, 2.24) is 9.80 Å². The predicted molar refractivity (Wildman–Crippen MR) is 79.9 cm³/mol. The van der Waals surface area contributed by atoms with E-state index in [0.717, 1.165) is 6.54 Å². The second-order valence-electron chi connectivity index (χ2n) is 5.81. The Labute approximate surface area is 114 Å². The fourth-order valence-electron chi connectivity index (χ4n) is 3.34. The summed E-state index contributed by atoms with van der Waals surface area (Å²) >= 11 is 0. The van der Waals surface area contributed by atoms with Crippen LogP contribution in [0.2, 0.25) is 0 Å². The number of likely N-dealkylation sites (N-methyl/N-ethyl adjacent to an activating group) is 1. The van der Waals surface area contributed by atoms with Gasteiger partial charge in [0.2, 0.25) is 0 Å². The van der Waals surface area contributed by atoms with Gasteiger partial charge in [-0.3, -0.25) is 9.80 Å². The predicted octanol–water partition coefficient (Wildman–Crippen LogP) is 2.31. The maximum Gasteiger partial charge on any atom is 0.0330 e. The van der Waals surface area contributed by atoms with Crippen LogP contribution in [-0.4, -0.2) is 54.1 Å². The third-order valence-corrected chi connectivity index (χ3v) is 4.88. The quantitative estimate of drug-likeness (QED) is 0.758. The Morgan fingerprint density at radius 2 is 1.94 bits per heavy atom. The number of piperazine rings is 1. The summed E-state index contributed by atoms with van der Waals surface area (Å²) in [5.74, 6) is 0. The average Bonchev–Trinajstić information content (AvgIpc) is 2.41. The molecule has 0 aromatic rings. The number of rotatable bonds is 7. The van der Waals surface area contributed by atoms with Gasteiger partial charge >= 0.3 is 0 Å². The molecule has 0 aromatic carbocycles. The Bertz CT molecular complexity index is 226. The van der Waals surface area contributed by atoms with Gasteiger partial charge < -0.3 is 5.73 Å². The van der Waals surface area contributed by atoms with E-state index >= 15 is 0 Å². The maximum absolute atomic E-state index is 6.15. The number of nitrogens with zero attached hydrogens (tertiary/aromatic N) is 2. The monoisotopic (exact) mass is 255 g/mol. The van der Waals surface area contributed by atoms with Crippen LogP contribution >= 0.6 is 0 Å². The molecular weight excluding hydrogens is 222 g/mol. The van der Waals surface area contributed by atoms with E-state index in [1.165, 1.54) is 51.9 Å². The molecule has 0 spiro atoms. The molecule has 0 radical (unpaired) electrons. The third-order valence-electron chi connectivity index (χ3n) is 4.88. The Balaban J connectivity index is 2.69. The van der Waals surface area contributed by atoms with Crippen molar-refractivity contribution in [3.8, 4) is 0 Å². The molecule has 1 fully saturated rings.